The van der Waals surface area contributed by atoms with Crippen molar-refractivity contribution in [3.63, 3.8) is 0 Å². The molecule has 1 rings (SSSR count). The molecular formula is C9H13N3O. The fraction of sp³-hybridized carbons (Fsp3) is 0.222. The van der Waals surface area contributed by atoms with E-state index in [9.17, 15) is 0 Å². The van der Waals surface area contributed by atoms with E-state index in [0.29, 0.717) is 0 Å². The van der Waals surface area contributed by atoms with Gasteiger partial charge in [-0.05, 0) is 12.1 Å². The molecule has 0 aromatic heterocycles. The highest BCUT2D eigenvalue weighted by atomic mass is 16.5. The molecule has 1 aromatic rings. The topological polar surface area (TPSA) is 57.1 Å². The monoisotopic (exact) mass is 179 g/mol. The van der Waals surface area contributed by atoms with E-state index in [0.717, 1.165) is 11.4 Å². The number of rotatable bonds is 2. The van der Waals surface area contributed by atoms with Gasteiger partial charge in [-0.25, -0.2) is 0 Å². The van der Waals surface area contributed by atoms with Crippen LogP contribution in [0.25, 0.3) is 0 Å². The standard InChI is InChI=1S/C9H13N3O/c1-11-9(10)12-7-4-3-5-8(6-7)13-2/h3-6H,1-2H3,(H3,10,11,12). The Labute approximate surface area is 77.4 Å². The highest BCUT2D eigenvalue weighted by molar-refractivity contribution is 5.91. The Balaban J connectivity index is 2.71. The van der Waals surface area contributed by atoms with Crippen molar-refractivity contribution in [1.82, 2.24) is 5.32 Å². The first-order chi connectivity index (χ1) is 6.26. The molecule has 0 amide bonds. The molecule has 0 aliphatic heterocycles. The fourth-order valence-corrected chi connectivity index (χ4v) is 0.908. The minimum atomic E-state index is 0.258. The third-order valence-electron chi connectivity index (χ3n) is 1.59. The zero-order valence-electron chi connectivity index (χ0n) is 7.72. The summed E-state index contributed by atoms with van der Waals surface area (Å²) >= 11 is 0. The van der Waals surface area contributed by atoms with E-state index in [-0.39, 0.29) is 5.96 Å². The van der Waals surface area contributed by atoms with Gasteiger partial charge in [0.15, 0.2) is 5.96 Å². The van der Waals surface area contributed by atoms with Gasteiger partial charge < -0.3 is 15.4 Å². The molecule has 0 atom stereocenters. The molecule has 4 heteroatoms. The number of methoxy groups -OCH3 is 1. The maximum Gasteiger partial charge on any atom is 0.192 e. The summed E-state index contributed by atoms with van der Waals surface area (Å²) in [5.41, 5.74) is 0.832. The number of ether oxygens (including phenoxy) is 1. The molecule has 4 nitrogen and oxygen atoms in total. The number of anilines is 1. The molecule has 1 aromatic carbocycles. The van der Waals surface area contributed by atoms with Crippen molar-refractivity contribution < 1.29 is 4.74 Å². The molecule has 0 unspecified atom stereocenters. The fourth-order valence-electron chi connectivity index (χ4n) is 0.908. The Hall–Kier alpha value is -1.71. The predicted octanol–water partition coefficient (Wildman–Crippen LogP) is 1.26. The van der Waals surface area contributed by atoms with E-state index < -0.39 is 0 Å². The van der Waals surface area contributed by atoms with E-state index in [1.54, 1.807) is 14.2 Å². The summed E-state index contributed by atoms with van der Waals surface area (Å²) in [6.07, 6.45) is 0. The van der Waals surface area contributed by atoms with Gasteiger partial charge in [0.05, 0.1) is 7.11 Å². The average Bonchev–Trinajstić information content (AvgIpc) is 2.18. The van der Waals surface area contributed by atoms with Crippen LogP contribution in [0.3, 0.4) is 0 Å². The highest BCUT2D eigenvalue weighted by Crippen LogP contribution is 2.16. The lowest BCUT2D eigenvalue weighted by atomic mass is 10.3. The Kier molecular flexibility index (Phi) is 3.14. The van der Waals surface area contributed by atoms with Crippen molar-refractivity contribution in [1.29, 1.82) is 5.41 Å². The van der Waals surface area contributed by atoms with Crippen LogP contribution in [-0.2, 0) is 0 Å². The van der Waals surface area contributed by atoms with Crippen LogP contribution in [0.2, 0.25) is 0 Å². The first-order valence-electron chi connectivity index (χ1n) is 3.93. The molecule has 0 fully saturated rings. The lowest BCUT2D eigenvalue weighted by Gasteiger charge is -2.07. The second-order valence-corrected chi connectivity index (χ2v) is 2.48. The van der Waals surface area contributed by atoms with Gasteiger partial charge in [0.2, 0.25) is 0 Å². The van der Waals surface area contributed by atoms with Crippen LogP contribution in [0.1, 0.15) is 0 Å². The number of guanidine groups is 1. The van der Waals surface area contributed by atoms with Gasteiger partial charge in [-0.1, -0.05) is 6.07 Å². The maximum absolute atomic E-state index is 7.34. The van der Waals surface area contributed by atoms with E-state index >= 15 is 0 Å². The summed E-state index contributed by atoms with van der Waals surface area (Å²) < 4.78 is 5.04. The van der Waals surface area contributed by atoms with Gasteiger partial charge in [0.25, 0.3) is 0 Å². The molecule has 0 aliphatic carbocycles. The molecule has 0 bridgehead atoms. The van der Waals surface area contributed by atoms with Crippen molar-refractivity contribution in [3.05, 3.63) is 24.3 Å². The Morgan fingerprint density at radius 1 is 1.46 bits per heavy atom. The first kappa shape index (κ1) is 9.38. The Morgan fingerprint density at radius 3 is 2.85 bits per heavy atom. The third-order valence-corrected chi connectivity index (χ3v) is 1.59. The molecule has 70 valence electrons. The lowest BCUT2D eigenvalue weighted by Crippen LogP contribution is -2.25. The number of hydrogen-bond acceptors (Lipinski definition) is 2. The Morgan fingerprint density at radius 2 is 2.23 bits per heavy atom. The molecule has 0 heterocycles. The van der Waals surface area contributed by atoms with Crippen LogP contribution in [0.15, 0.2) is 24.3 Å². The van der Waals surface area contributed by atoms with Gasteiger partial charge in [0, 0.05) is 18.8 Å². The zero-order valence-corrected chi connectivity index (χ0v) is 7.72. The maximum atomic E-state index is 7.34. The number of benzene rings is 1. The predicted molar refractivity (Wildman–Crippen MR) is 53.4 cm³/mol. The second-order valence-electron chi connectivity index (χ2n) is 2.48. The van der Waals surface area contributed by atoms with E-state index in [2.05, 4.69) is 10.6 Å². The van der Waals surface area contributed by atoms with Gasteiger partial charge in [-0.2, -0.15) is 0 Å². The van der Waals surface area contributed by atoms with Crippen LogP contribution in [0.4, 0.5) is 5.69 Å². The van der Waals surface area contributed by atoms with Crippen LogP contribution in [-0.4, -0.2) is 20.1 Å². The molecule has 3 N–H and O–H groups in total. The molecule has 0 aliphatic rings. The number of hydrogen-bond donors (Lipinski definition) is 3. The smallest absolute Gasteiger partial charge is 0.192 e. The summed E-state index contributed by atoms with van der Waals surface area (Å²) in [6.45, 7) is 0. The van der Waals surface area contributed by atoms with Crippen molar-refractivity contribution in [2.24, 2.45) is 0 Å². The summed E-state index contributed by atoms with van der Waals surface area (Å²) in [4.78, 5) is 0. The van der Waals surface area contributed by atoms with Gasteiger partial charge in [-0.15, -0.1) is 0 Å². The quantitative estimate of drug-likeness (QED) is 0.473. The average molecular weight is 179 g/mol. The lowest BCUT2D eigenvalue weighted by molar-refractivity contribution is 0.415. The minimum absolute atomic E-state index is 0.258. The van der Waals surface area contributed by atoms with Crippen LogP contribution >= 0.6 is 0 Å². The molecular weight excluding hydrogens is 166 g/mol. The van der Waals surface area contributed by atoms with Gasteiger partial charge in [-0.3, -0.25) is 5.41 Å². The van der Waals surface area contributed by atoms with Crippen LogP contribution < -0.4 is 15.4 Å². The molecule has 0 saturated heterocycles. The first-order valence-corrected chi connectivity index (χ1v) is 3.93. The minimum Gasteiger partial charge on any atom is -0.497 e. The van der Waals surface area contributed by atoms with E-state index in [1.807, 2.05) is 24.3 Å². The molecule has 0 saturated carbocycles. The van der Waals surface area contributed by atoms with Crippen LogP contribution in [0, 0.1) is 5.41 Å². The van der Waals surface area contributed by atoms with Gasteiger partial charge >= 0.3 is 0 Å². The molecule has 0 spiro atoms. The summed E-state index contributed by atoms with van der Waals surface area (Å²) in [5.74, 6) is 1.03. The van der Waals surface area contributed by atoms with Crippen molar-refractivity contribution in [2.45, 2.75) is 0 Å². The van der Waals surface area contributed by atoms with E-state index in [4.69, 9.17) is 10.1 Å². The SMILES string of the molecule is CNC(=N)Nc1cccc(OC)c1. The van der Waals surface area contributed by atoms with E-state index in [1.165, 1.54) is 0 Å². The molecule has 13 heavy (non-hydrogen) atoms. The summed E-state index contributed by atoms with van der Waals surface area (Å²) in [6, 6.07) is 7.42. The van der Waals surface area contributed by atoms with Crippen molar-refractivity contribution in [3.8, 4) is 5.75 Å². The highest BCUT2D eigenvalue weighted by Gasteiger charge is 1.96. The van der Waals surface area contributed by atoms with Crippen LogP contribution in [0.5, 0.6) is 5.75 Å². The van der Waals surface area contributed by atoms with Crippen molar-refractivity contribution in [2.75, 3.05) is 19.5 Å². The molecule has 0 radical (unpaired) electrons. The zero-order chi connectivity index (χ0) is 9.68. The second kappa shape index (κ2) is 4.35. The number of nitrogens with one attached hydrogen (secondary N) is 3. The summed E-state index contributed by atoms with van der Waals surface area (Å²) in [7, 11) is 3.30. The Bertz CT molecular complexity index is 299. The largest absolute Gasteiger partial charge is 0.497 e. The third kappa shape index (κ3) is 2.66. The van der Waals surface area contributed by atoms with Crippen molar-refractivity contribution >= 4 is 11.6 Å². The van der Waals surface area contributed by atoms with Gasteiger partial charge in [0.1, 0.15) is 5.75 Å². The normalized spacial score (nSPS) is 9.08. The summed E-state index contributed by atoms with van der Waals surface area (Å²) in [5, 5.41) is 12.9.